The number of aromatic nitrogens is 3. The molecule has 0 bridgehead atoms. The summed E-state index contributed by atoms with van der Waals surface area (Å²) >= 11 is 0. The fraction of sp³-hybridized carbons (Fsp3) is 0.0606. The highest BCUT2D eigenvalue weighted by Crippen LogP contribution is 2.39. The molecule has 0 saturated heterocycles. The van der Waals surface area contributed by atoms with Crippen molar-refractivity contribution in [1.29, 1.82) is 0 Å². The first-order valence-corrected chi connectivity index (χ1v) is 12.7. The monoisotopic (exact) mass is 491 g/mol. The molecule has 0 unspecified atom stereocenters. The van der Waals surface area contributed by atoms with Gasteiger partial charge in [0.2, 0.25) is 0 Å². The lowest BCUT2D eigenvalue weighted by Gasteiger charge is -2.22. The van der Waals surface area contributed by atoms with Crippen LogP contribution in [0.3, 0.4) is 0 Å². The smallest absolute Gasteiger partial charge is 0.260 e. The summed E-state index contributed by atoms with van der Waals surface area (Å²) in [5.74, 6) is 0. The Morgan fingerprint density at radius 1 is 0.684 bits per heavy atom. The summed E-state index contributed by atoms with van der Waals surface area (Å²) in [6.45, 7) is 0.649. The first-order chi connectivity index (χ1) is 18.8. The van der Waals surface area contributed by atoms with E-state index < -0.39 is 0 Å². The van der Waals surface area contributed by atoms with Gasteiger partial charge in [0.15, 0.2) is 0 Å². The van der Waals surface area contributed by atoms with Gasteiger partial charge in [0.25, 0.3) is 5.56 Å². The topological polar surface area (TPSA) is 57.0 Å². The van der Waals surface area contributed by atoms with E-state index in [1.165, 1.54) is 0 Å². The van der Waals surface area contributed by atoms with Gasteiger partial charge in [-0.3, -0.25) is 19.3 Å². The van der Waals surface area contributed by atoms with Gasteiger partial charge < -0.3 is 4.74 Å². The second kappa shape index (κ2) is 8.07. The minimum absolute atomic E-state index is 0.0340. The van der Waals surface area contributed by atoms with Crippen molar-refractivity contribution in [1.82, 2.24) is 14.5 Å². The molecule has 4 heterocycles. The maximum atomic E-state index is 13.6. The number of rotatable bonds is 1. The predicted molar refractivity (Wildman–Crippen MR) is 152 cm³/mol. The molecule has 0 saturated carbocycles. The molecule has 0 atom stereocenters. The van der Waals surface area contributed by atoms with Crippen LogP contribution in [0, 0.1) is 0 Å². The van der Waals surface area contributed by atoms with Crippen molar-refractivity contribution in [2.45, 2.75) is 13.3 Å². The predicted octanol–water partition coefficient (Wildman–Crippen LogP) is 7.07. The number of hydrogen-bond acceptors (Lipinski definition) is 4. The van der Waals surface area contributed by atoms with Gasteiger partial charge in [0.05, 0.1) is 23.2 Å². The van der Waals surface area contributed by atoms with Crippen LogP contribution in [0.2, 0.25) is 0 Å². The van der Waals surface area contributed by atoms with Crippen molar-refractivity contribution in [2.24, 2.45) is 0 Å². The van der Waals surface area contributed by atoms with Gasteiger partial charge in [-0.05, 0) is 52.4 Å². The molecular formula is C33H21N3O2. The largest absolute Gasteiger partial charge is 0.356 e. The van der Waals surface area contributed by atoms with Gasteiger partial charge in [0.1, 0.15) is 6.73 Å². The molecule has 7 aromatic rings. The van der Waals surface area contributed by atoms with Gasteiger partial charge in [-0.25, -0.2) is 0 Å². The summed E-state index contributed by atoms with van der Waals surface area (Å²) in [6.07, 6.45) is 3.74. The first kappa shape index (κ1) is 21.2. The fourth-order valence-corrected chi connectivity index (χ4v) is 5.83. The average molecular weight is 492 g/mol. The molecule has 0 fully saturated rings. The molecule has 8 rings (SSSR count). The SMILES string of the molecule is O=c1c2ccccc2c2cc(-c3cnc4c(ccc5cccnc54)c3)cc3c2n1COCc1ccccc1-3. The van der Waals surface area contributed by atoms with Crippen LogP contribution < -0.4 is 5.56 Å². The van der Waals surface area contributed by atoms with E-state index in [9.17, 15) is 4.79 Å². The van der Waals surface area contributed by atoms with Crippen LogP contribution in [0.1, 0.15) is 5.56 Å². The van der Waals surface area contributed by atoms with Crippen molar-refractivity contribution < 1.29 is 4.74 Å². The lowest BCUT2D eigenvalue weighted by molar-refractivity contribution is 0.0645. The Bertz CT molecular complexity index is 2150. The zero-order valence-corrected chi connectivity index (χ0v) is 20.4. The second-order valence-electron chi connectivity index (χ2n) is 9.77. The van der Waals surface area contributed by atoms with E-state index in [0.717, 1.165) is 65.9 Å². The van der Waals surface area contributed by atoms with Crippen LogP contribution in [0.5, 0.6) is 0 Å². The Balaban J connectivity index is 1.49. The molecule has 38 heavy (non-hydrogen) atoms. The summed E-state index contributed by atoms with van der Waals surface area (Å²) in [6, 6.07) is 30.9. The number of pyridine rings is 3. The molecule has 5 heteroatoms. The van der Waals surface area contributed by atoms with Crippen molar-refractivity contribution in [3.05, 3.63) is 119 Å². The third-order valence-corrected chi connectivity index (χ3v) is 7.61. The van der Waals surface area contributed by atoms with Gasteiger partial charge >= 0.3 is 0 Å². The minimum atomic E-state index is -0.0340. The minimum Gasteiger partial charge on any atom is -0.356 e. The first-order valence-electron chi connectivity index (χ1n) is 12.7. The Labute approximate surface area is 217 Å². The molecule has 1 aliphatic heterocycles. The van der Waals surface area contributed by atoms with Crippen LogP contribution >= 0.6 is 0 Å². The Morgan fingerprint density at radius 3 is 2.45 bits per heavy atom. The van der Waals surface area contributed by atoms with Crippen LogP contribution in [-0.2, 0) is 18.1 Å². The van der Waals surface area contributed by atoms with E-state index in [-0.39, 0.29) is 12.3 Å². The van der Waals surface area contributed by atoms with E-state index >= 15 is 0 Å². The van der Waals surface area contributed by atoms with Gasteiger partial charge in [-0.15, -0.1) is 0 Å². The van der Waals surface area contributed by atoms with Crippen molar-refractivity contribution >= 4 is 43.5 Å². The van der Waals surface area contributed by atoms with E-state index in [0.29, 0.717) is 12.0 Å². The van der Waals surface area contributed by atoms with Crippen molar-refractivity contribution in [3.63, 3.8) is 0 Å². The van der Waals surface area contributed by atoms with Gasteiger partial charge in [0, 0.05) is 45.1 Å². The highest BCUT2D eigenvalue weighted by molar-refractivity contribution is 6.12. The van der Waals surface area contributed by atoms with Crippen LogP contribution in [0.25, 0.3) is 65.7 Å². The third kappa shape index (κ3) is 3.06. The highest BCUT2D eigenvalue weighted by atomic mass is 16.5. The quantitative estimate of drug-likeness (QED) is 0.230. The molecule has 5 nitrogen and oxygen atoms in total. The number of hydrogen-bond donors (Lipinski definition) is 0. The summed E-state index contributed by atoms with van der Waals surface area (Å²) in [7, 11) is 0. The summed E-state index contributed by atoms with van der Waals surface area (Å²) in [4.78, 5) is 23.1. The zero-order chi connectivity index (χ0) is 25.2. The second-order valence-corrected chi connectivity index (χ2v) is 9.77. The number of benzene rings is 4. The lowest BCUT2D eigenvalue weighted by Crippen LogP contribution is -2.24. The lowest BCUT2D eigenvalue weighted by atomic mass is 9.91. The summed E-state index contributed by atoms with van der Waals surface area (Å²) < 4.78 is 7.80. The molecule has 0 radical (unpaired) electrons. The number of fused-ring (bicyclic) bond motifs is 7. The van der Waals surface area contributed by atoms with Crippen LogP contribution in [0.4, 0.5) is 0 Å². The average Bonchev–Trinajstić information content (AvgIpc) is 2.97. The fourth-order valence-electron chi connectivity index (χ4n) is 5.83. The van der Waals surface area contributed by atoms with Crippen molar-refractivity contribution in [2.75, 3.05) is 0 Å². The molecule has 180 valence electrons. The Morgan fingerprint density at radius 2 is 1.50 bits per heavy atom. The third-order valence-electron chi connectivity index (χ3n) is 7.61. The van der Waals surface area contributed by atoms with Crippen LogP contribution in [-0.4, -0.2) is 14.5 Å². The summed E-state index contributed by atoms with van der Waals surface area (Å²) in [5, 5.41) is 4.77. The van der Waals surface area contributed by atoms with Gasteiger partial charge in [-0.1, -0.05) is 60.7 Å². The molecule has 4 aromatic carbocycles. The Hall–Kier alpha value is -4.87. The molecule has 0 spiro atoms. The molecular weight excluding hydrogens is 470 g/mol. The molecule has 0 N–H and O–H groups in total. The highest BCUT2D eigenvalue weighted by Gasteiger charge is 2.20. The molecule has 0 aliphatic carbocycles. The molecule has 3 aromatic heterocycles. The van der Waals surface area contributed by atoms with E-state index in [2.05, 4.69) is 53.5 Å². The van der Waals surface area contributed by atoms with Crippen LogP contribution in [0.15, 0.2) is 108 Å². The molecule has 0 amide bonds. The zero-order valence-electron chi connectivity index (χ0n) is 20.4. The van der Waals surface area contributed by atoms with Gasteiger partial charge in [-0.2, -0.15) is 0 Å². The van der Waals surface area contributed by atoms with E-state index in [1.54, 1.807) is 4.57 Å². The maximum Gasteiger partial charge on any atom is 0.260 e. The maximum absolute atomic E-state index is 13.6. The number of ether oxygens (including phenoxy) is 1. The molecule has 1 aliphatic rings. The van der Waals surface area contributed by atoms with E-state index in [1.807, 2.05) is 54.9 Å². The van der Waals surface area contributed by atoms with Crippen molar-refractivity contribution in [3.8, 4) is 22.3 Å². The number of nitrogens with zero attached hydrogens (tertiary/aromatic N) is 3. The Kier molecular flexibility index (Phi) is 4.51. The normalized spacial score (nSPS) is 13.1. The van der Waals surface area contributed by atoms with E-state index in [4.69, 9.17) is 9.72 Å². The summed E-state index contributed by atoms with van der Waals surface area (Å²) in [5.41, 5.74) is 7.93. The standard InChI is InChI=1S/C33H21N3O2/c37-33-27-10-4-3-9-26(27)29-16-23(15-28-25-8-2-1-6-22(25)18-38-19-36(33)32(28)29)24-14-21-12-11-20-7-5-13-34-30(20)31(21)35-17-24/h1-17H,18-19H2.